The lowest BCUT2D eigenvalue weighted by Gasteiger charge is -2.07. The third kappa shape index (κ3) is 1.80. The van der Waals surface area contributed by atoms with Gasteiger partial charge in [-0.2, -0.15) is 0 Å². The molecule has 9 nitrogen and oxygen atoms in total. The molecule has 1 aliphatic heterocycles. The van der Waals surface area contributed by atoms with Gasteiger partial charge in [0.25, 0.3) is 0 Å². The number of guanidine groups is 1. The zero-order valence-electron chi connectivity index (χ0n) is 6.78. The van der Waals surface area contributed by atoms with Gasteiger partial charge in [-0.3, -0.25) is 0 Å². The highest BCUT2D eigenvalue weighted by molar-refractivity contribution is 5.79. The molecule has 0 amide bonds. The van der Waals surface area contributed by atoms with E-state index in [4.69, 9.17) is 0 Å². The molecule has 1 fully saturated rings. The van der Waals surface area contributed by atoms with Gasteiger partial charge in [0.1, 0.15) is 11.6 Å². The number of nitrogens with zero attached hydrogens (tertiary/aromatic N) is 5. The highest BCUT2D eigenvalue weighted by atomic mass is 16.7. The number of likely N-dealkylation sites (N-methyl/N-ethyl adjacent to an activating group) is 1. The number of hydrogen-bond acceptors (Lipinski definition) is 4. The van der Waals surface area contributed by atoms with Crippen LogP contribution in [-0.4, -0.2) is 46.1 Å². The summed E-state index contributed by atoms with van der Waals surface area (Å²) >= 11 is 0. The van der Waals surface area contributed by atoms with E-state index in [0.29, 0.717) is 11.6 Å². The summed E-state index contributed by atoms with van der Waals surface area (Å²) in [6.07, 6.45) is 0. The van der Waals surface area contributed by atoms with Crippen molar-refractivity contribution in [3.05, 3.63) is 20.2 Å². The first-order valence-electron chi connectivity index (χ1n) is 3.38. The number of nitro groups is 2. The number of hydrazone groups is 1. The number of rotatable bonds is 2. The van der Waals surface area contributed by atoms with Gasteiger partial charge in [-0.25, -0.2) is 20.2 Å². The Morgan fingerprint density at radius 1 is 1.38 bits per heavy atom. The minimum Gasteiger partial charge on any atom is -0.334 e. The monoisotopic (exact) mass is 189 g/mol. The van der Waals surface area contributed by atoms with E-state index in [9.17, 15) is 20.2 Å². The van der Waals surface area contributed by atoms with E-state index in [2.05, 4.69) is 5.10 Å². The number of hydrogen-bond donors (Lipinski definition) is 0. The van der Waals surface area contributed by atoms with Gasteiger partial charge in [0.2, 0.25) is 0 Å². The van der Waals surface area contributed by atoms with Gasteiger partial charge in [0.05, 0.1) is 0 Å². The van der Waals surface area contributed by atoms with Crippen molar-refractivity contribution in [2.45, 2.75) is 0 Å². The lowest BCUT2D eigenvalue weighted by molar-refractivity contribution is -0.628. The lowest BCUT2D eigenvalue weighted by atomic mass is 10.7. The highest BCUT2D eigenvalue weighted by Crippen LogP contribution is 2.05. The van der Waals surface area contributed by atoms with E-state index < -0.39 is 10.1 Å². The molecule has 0 bridgehead atoms. The minimum atomic E-state index is -0.951. The molecule has 1 heterocycles. The van der Waals surface area contributed by atoms with Gasteiger partial charge in [0.15, 0.2) is 10.1 Å². The predicted molar refractivity (Wildman–Crippen MR) is 40.8 cm³/mol. The third-order valence-corrected chi connectivity index (χ3v) is 1.59. The summed E-state index contributed by atoms with van der Waals surface area (Å²) in [6, 6.07) is 0. The molecule has 9 heteroatoms. The Bertz CT molecular complexity index is 276. The van der Waals surface area contributed by atoms with E-state index >= 15 is 0 Å². The molecule has 0 aromatic rings. The maximum absolute atomic E-state index is 10.3. The standard InChI is InChI=1S/C4H7N5O4/c1-6-2-3-7(9(12)13)4(6)5-8(10)11/h2-3H2,1H3/b5-4+. The molecule has 72 valence electrons. The fourth-order valence-electron chi connectivity index (χ4n) is 0.997. The molecule has 1 saturated heterocycles. The van der Waals surface area contributed by atoms with Gasteiger partial charge in [-0.05, 0) is 0 Å². The Morgan fingerprint density at radius 3 is 2.46 bits per heavy atom. The maximum Gasteiger partial charge on any atom is 0.334 e. The SMILES string of the molecule is CN1CCN([N+](=O)[O-])/C1=N/[N+](=O)[O-]. The Kier molecular flexibility index (Phi) is 2.26. The van der Waals surface area contributed by atoms with Crippen molar-refractivity contribution in [2.24, 2.45) is 5.10 Å². The molecule has 0 unspecified atom stereocenters. The topological polar surface area (TPSA) is 105 Å². The van der Waals surface area contributed by atoms with E-state index in [1.54, 1.807) is 0 Å². The maximum atomic E-state index is 10.3. The average Bonchev–Trinajstić information content (AvgIpc) is 2.32. The first-order valence-corrected chi connectivity index (χ1v) is 3.38. The molecule has 0 radical (unpaired) electrons. The largest absolute Gasteiger partial charge is 0.334 e. The Balaban J connectivity index is 2.89. The van der Waals surface area contributed by atoms with Crippen LogP contribution in [0.5, 0.6) is 0 Å². The van der Waals surface area contributed by atoms with Gasteiger partial charge in [0, 0.05) is 13.6 Å². The van der Waals surface area contributed by atoms with E-state index in [1.807, 2.05) is 0 Å². The fraction of sp³-hybridized carbons (Fsp3) is 0.750. The van der Waals surface area contributed by atoms with E-state index in [0.717, 1.165) is 0 Å². The summed E-state index contributed by atoms with van der Waals surface area (Å²) in [7, 11) is 1.51. The molecular weight excluding hydrogens is 182 g/mol. The summed E-state index contributed by atoms with van der Waals surface area (Å²) in [4.78, 5) is 21.7. The van der Waals surface area contributed by atoms with Crippen LogP contribution in [0.25, 0.3) is 0 Å². The first kappa shape index (κ1) is 9.16. The van der Waals surface area contributed by atoms with Crippen molar-refractivity contribution in [1.82, 2.24) is 9.91 Å². The molecule has 0 aliphatic carbocycles. The van der Waals surface area contributed by atoms with Crippen LogP contribution in [0, 0.1) is 20.2 Å². The Labute approximate surface area is 72.5 Å². The summed E-state index contributed by atoms with van der Waals surface area (Å²) < 4.78 is 0. The van der Waals surface area contributed by atoms with Crippen molar-refractivity contribution >= 4 is 5.96 Å². The quantitative estimate of drug-likeness (QED) is 0.406. The van der Waals surface area contributed by atoms with Crippen LogP contribution in [0.3, 0.4) is 0 Å². The van der Waals surface area contributed by atoms with Gasteiger partial charge in [-0.1, -0.05) is 5.01 Å². The van der Waals surface area contributed by atoms with Crippen molar-refractivity contribution < 1.29 is 10.1 Å². The Hall–Kier alpha value is -1.93. The molecule has 0 saturated carbocycles. The molecule has 13 heavy (non-hydrogen) atoms. The molecule has 1 rings (SSSR count). The molecule has 0 aromatic heterocycles. The van der Waals surface area contributed by atoms with Crippen molar-refractivity contribution in [1.29, 1.82) is 0 Å². The van der Waals surface area contributed by atoms with E-state index in [1.165, 1.54) is 11.9 Å². The zero-order chi connectivity index (χ0) is 10.0. The van der Waals surface area contributed by atoms with E-state index in [-0.39, 0.29) is 12.5 Å². The summed E-state index contributed by atoms with van der Waals surface area (Å²) in [5.74, 6) is -0.241. The smallest absolute Gasteiger partial charge is 0.334 e. The summed E-state index contributed by atoms with van der Waals surface area (Å²) in [5, 5.41) is 22.2. The van der Waals surface area contributed by atoms with Gasteiger partial charge < -0.3 is 4.90 Å². The predicted octanol–water partition coefficient (Wildman–Crippen LogP) is -1.03. The van der Waals surface area contributed by atoms with Crippen LogP contribution < -0.4 is 0 Å². The highest BCUT2D eigenvalue weighted by Gasteiger charge is 2.35. The normalized spacial score (nSPS) is 19.6. The molecule has 0 spiro atoms. The Morgan fingerprint density at radius 2 is 2.00 bits per heavy atom. The van der Waals surface area contributed by atoms with Crippen LogP contribution in [-0.2, 0) is 0 Å². The first-order chi connectivity index (χ1) is 6.02. The molecule has 0 N–H and O–H groups in total. The fourth-order valence-corrected chi connectivity index (χ4v) is 0.997. The van der Waals surface area contributed by atoms with Crippen LogP contribution in [0.1, 0.15) is 0 Å². The zero-order valence-corrected chi connectivity index (χ0v) is 6.78. The summed E-state index contributed by atoms with van der Waals surface area (Å²) in [5.41, 5.74) is 0. The average molecular weight is 189 g/mol. The second-order valence-electron chi connectivity index (χ2n) is 2.42. The second kappa shape index (κ2) is 3.21. The molecule has 0 atom stereocenters. The minimum absolute atomic E-state index is 0.107. The van der Waals surface area contributed by atoms with Crippen LogP contribution in [0.2, 0.25) is 0 Å². The van der Waals surface area contributed by atoms with Crippen LogP contribution >= 0.6 is 0 Å². The molecular formula is C4H7N5O4. The van der Waals surface area contributed by atoms with Crippen LogP contribution in [0.4, 0.5) is 0 Å². The summed E-state index contributed by atoms with van der Waals surface area (Å²) in [6.45, 7) is 0.462. The van der Waals surface area contributed by atoms with Crippen molar-refractivity contribution in [3.8, 4) is 0 Å². The van der Waals surface area contributed by atoms with Gasteiger partial charge in [-0.15, -0.1) is 0 Å². The molecule has 1 aliphatic rings. The second-order valence-corrected chi connectivity index (χ2v) is 2.42. The number of hydrazine groups is 1. The van der Waals surface area contributed by atoms with Crippen molar-refractivity contribution in [3.63, 3.8) is 0 Å². The van der Waals surface area contributed by atoms with Gasteiger partial charge >= 0.3 is 5.96 Å². The third-order valence-electron chi connectivity index (χ3n) is 1.59. The van der Waals surface area contributed by atoms with Crippen LogP contribution in [0.15, 0.2) is 5.10 Å². The lowest BCUT2D eigenvalue weighted by Crippen LogP contribution is -2.36. The molecule has 0 aromatic carbocycles. The van der Waals surface area contributed by atoms with Crippen molar-refractivity contribution in [2.75, 3.05) is 20.1 Å².